The zero-order valence-corrected chi connectivity index (χ0v) is 21.3. The number of benzene rings is 2. The Bertz CT molecular complexity index is 1270. The van der Waals surface area contributed by atoms with Gasteiger partial charge in [0.15, 0.2) is 0 Å². The second-order valence-electron chi connectivity index (χ2n) is 8.92. The molecule has 2 heterocycles. The first kappa shape index (κ1) is 28.2. The topological polar surface area (TPSA) is 98.7 Å². The van der Waals surface area contributed by atoms with E-state index in [0.717, 1.165) is 0 Å². The minimum Gasteiger partial charge on any atom is -0.470 e. The Morgan fingerprint density at radius 3 is 2.67 bits per heavy atom. The number of rotatable bonds is 9. The lowest BCUT2D eigenvalue weighted by Gasteiger charge is -2.26. The van der Waals surface area contributed by atoms with E-state index in [1.807, 2.05) is 6.07 Å². The number of aromatic nitrogens is 2. The van der Waals surface area contributed by atoms with Crippen LogP contribution < -0.4 is 25.4 Å². The van der Waals surface area contributed by atoms with Crippen LogP contribution in [0.15, 0.2) is 48.5 Å². The van der Waals surface area contributed by atoms with Crippen molar-refractivity contribution in [2.75, 3.05) is 25.5 Å². The monoisotopic (exact) mass is 551 g/mol. The second kappa shape index (κ2) is 12.3. The third-order valence-electron chi connectivity index (χ3n) is 6.02. The third kappa shape index (κ3) is 7.39. The summed E-state index contributed by atoms with van der Waals surface area (Å²) in [5.41, 5.74) is 1.78. The maximum atomic E-state index is 14.4. The van der Waals surface area contributed by atoms with Gasteiger partial charge in [-0.15, -0.1) is 18.3 Å². The second-order valence-corrected chi connectivity index (χ2v) is 8.92. The van der Waals surface area contributed by atoms with Crippen molar-refractivity contribution in [1.29, 1.82) is 0 Å². The Kier molecular flexibility index (Phi) is 8.92. The number of carbonyl (C=O) groups excluding carboxylic acids is 1. The van der Waals surface area contributed by atoms with E-state index in [2.05, 4.69) is 25.8 Å². The number of urea groups is 1. The number of piperidine rings is 1. The van der Waals surface area contributed by atoms with Gasteiger partial charge in [0.05, 0.1) is 17.9 Å². The van der Waals surface area contributed by atoms with E-state index in [9.17, 15) is 22.4 Å². The first-order valence-electron chi connectivity index (χ1n) is 12.2. The quantitative estimate of drug-likeness (QED) is 0.336. The summed E-state index contributed by atoms with van der Waals surface area (Å²) in [5.74, 6) is -0.0126. The first-order valence-corrected chi connectivity index (χ1v) is 12.2. The number of nitrogens with one attached hydrogen (secondary N) is 3. The van der Waals surface area contributed by atoms with Crippen molar-refractivity contribution < 1.29 is 36.6 Å². The maximum absolute atomic E-state index is 14.4. The molecule has 0 unspecified atom stereocenters. The van der Waals surface area contributed by atoms with Gasteiger partial charge < -0.3 is 24.8 Å². The molecular formula is C26H29F4N5O4. The molecule has 1 aliphatic heterocycles. The highest BCUT2D eigenvalue weighted by atomic mass is 19.4. The van der Waals surface area contributed by atoms with Crippen LogP contribution in [0.5, 0.6) is 11.6 Å². The maximum Gasteiger partial charge on any atom is 0.573 e. The summed E-state index contributed by atoms with van der Waals surface area (Å²) in [6, 6.07) is 12.3. The van der Waals surface area contributed by atoms with E-state index in [1.165, 1.54) is 30.0 Å². The average molecular weight is 552 g/mol. The lowest BCUT2D eigenvalue weighted by Crippen LogP contribution is -2.44. The number of anilines is 1. The largest absolute Gasteiger partial charge is 0.573 e. The number of nitrogens with zero attached hydrogens (tertiary/aromatic N) is 2. The number of ether oxygens (including phenoxy) is 3. The number of amides is 2. The molecular weight excluding hydrogens is 522 g/mol. The number of carbonyl (C=O) groups is 1. The van der Waals surface area contributed by atoms with E-state index >= 15 is 0 Å². The number of hydrogen-bond donors (Lipinski definition) is 3. The summed E-state index contributed by atoms with van der Waals surface area (Å²) in [6.45, 7) is 2.34. The highest BCUT2D eigenvalue weighted by Crippen LogP contribution is 2.31. The van der Waals surface area contributed by atoms with Gasteiger partial charge in [0.25, 0.3) is 0 Å². The molecule has 13 heteroatoms. The Balaban J connectivity index is 1.55. The summed E-state index contributed by atoms with van der Waals surface area (Å²) >= 11 is 0. The SMILES string of the molecule is COCc1ccc(OC(F)(F)F)c(CNC(=O)Nc2c(C)c(O[C@@H]3CCNC[C@@H]3F)nn2-c2ccccc2)c1. The number of para-hydroxylation sites is 1. The first-order chi connectivity index (χ1) is 18.6. The highest BCUT2D eigenvalue weighted by Gasteiger charge is 2.32. The summed E-state index contributed by atoms with van der Waals surface area (Å²) in [5, 5.41) is 12.7. The van der Waals surface area contributed by atoms with Gasteiger partial charge in [0.1, 0.15) is 23.8 Å². The van der Waals surface area contributed by atoms with E-state index in [1.54, 1.807) is 31.2 Å². The minimum absolute atomic E-state index is 0.106. The fourth-order valence-electron chi connectivity index (χ4n) is 4.14. The van der Waals surface area contributed by atoms with Crippen molar-refractivity contribution in [3.63, 3.8) is 0 Å². The van der Waals surface area contributed by atoms with Gasteiger partial charge in [0.2, 0.25) is 5.88 Å². The van der Waals surface area contributed by atoms with Crippen molar-refractivity contribution in [1.82, 2.24) is 20.4 Å². The predicted molar refractivity (Wildman–Crippen MR) is 135 cm³/mol. The molecule has 1 aliphatic rings. The number of alkyl halides is 4. The van der Waals surface area contributed by atoms with Crippen LogP contribution in [-0.2, 0) is 17.9 Å². The molecule has 3 aromatic rings. The molecule has 0 saturated carbocycles. The van der Waals surface area contributed by atoms with E-state index in [-0.39, 0.29) is 37.0 Å². The molecule has 0 bridgehead atoms. The molecule has 1 aromatic heterocycles. The van der Waals surface area contributed by atoms with Gasteiger partial charge in [-0.25, -0.2) is 13.9 Å². The molecule has 2 amide bonds. The van der Waals surface area contributed by atoms with E-state index in [0.29, 0.717) is 29.8 Å². The molecule has 2 aromatic carbocycles. The molecule has 0 spiro atoms. The van der Waals surface area contributed by atoms with Crippen LogP contribution >= 0.6 is 0 Å². The number of hydrogen-bond acceptors (Lipinski definition) is 6. The lowest BCUT2D eigenvalue weighted by atomic mass is 10.1. The van der Waals surface area contributed by atoms with Gasteiger partial charge in [-0.3, -0.25) is 5.32 Å². The Morgan fingerprint density at radius 2 is 1.97 bits per heavy atom. The molecule has 1 fully saturated rings. The Labute approximate surface area is 222 Å². The Hall–Kier alpha value is -3.84. The van der Waals surface area contributed by atoms with Gasteiger partial charge in [-0.2, -0.15) is 0 Å². The molecule has 4 rings (SSSR count). The van der Waals surface area contributed by atoms with Crippen LogP contribution in [0.4, 0.5) is 28.2 Å². The van der Waals surface area contributed by atoms with Crippen molar-refractivity contribution in [3.8, 4) is 17.3 Å². The number of halogens is 4. The lowest BCUT2D eigenvalue weighted by molar-refractivity contribution is -0.274. The zero-order chi connectivity index (χ0) is 28.0. The third-order valence-corrected chi connectivity index (χ3v) is 6.02. The van der Waals surface area contributed by atoms with Crippen LogP contribution in [0, 0.1) is 6.92 Å². The summed E-state index contributed by atoms with van der Waals surface area (Å²) in [6.07, 6.45) is -6.37. The Morgan fingerprint density at radius 1 is 1.21 bits per heavy atom. The van der Waals surface area contributed by atoms with E-state index < -0.39 is 30.4 Å². The van der Waals surface area contributed by atoms with Crippen molar-refractivity contribution in [3.05, 3.63) is 65.2 Å². The molecule has 9 nitrogen and oxygen atoms in total. The van der Waals surface area contributed by atoms with Crippen LogP contribution in [-0.4, -0.2) is 54.6 Å². The van der Waals surface area contributed by atoms with Crippen molar-refractivity contribution >= 4 is 11.8 Å². The van der Waals surface area contributed by atoms with E-state index in [4.69, 9.17) is 9.47 Å². The van der Waals surface area contributed by atoms with Crippen LogP contribution in [0.2, 0.25) is 0 Å². The number of methoxy groups -OCH3 is 1. The molecule has 210 valence electrons. The van der Waals surface area contributed by atoms with Gasteiger partial charge in [-0.05, 0) is 49.7 Å². The minimum atomic E-state index is -4.90. The van der Waals surface area contributed by atoms with Crippen LogP contribution in [0.3, 0.4) is 0 Å². The highest BCUT2D eigenvalue weighted by molar-refractivity contribution is 5.89. The summed E-state index contributed by atoms with van der Waals surface area (Å²) in [4.78, 5) is 12.9. The van der Waals surface area contributed by atoms with Gasteiger partial charge >= 0.3 is 12.4 Å². The average Bonchev–Trinajstić information content (AvgIpc) is 3.20. The molecule has 0 radical (unpaired) electrons. The normalized spacial score (nSPS) is 17.5. The molecule has 2 atom stereocenters. The summed E-state index contributed by atoms with van der Waals surface area (Å²) in [7, 11) is 1.46. The standard InChI is InChI=1S/C26H29F4N5O4/c1-16-23(33-25(36)32-13-18-12-17(15-37-2)8-9-21(18)39-26(28,29)30)35(19-6-4-3-5-7-19)34-24(16)38-22-10-11-31-14-20(22)27/h3-9,12,20,22,31H,10-11,13-15H2,1-2H3,(H2,32,33,36)/t20-,22+/m0/s1. The smallest absolute Gasteiger partial charge is 0.470 e. The molecule has 0 aliphatic carbocycles. The van der Waals surface area contributed by atoms with Crippen LogP contribution in [0.25, 0.3) is 5.69 Å². The molecule has 3 N–H and O–H groups in total. The fraction of sp³-hybridized carbons (Fsp3) is 0.385. The molecule has 1 saturated heterocycles. The van der Waals surface area contributed by atoms with Crippen LogP contribution in [0.1, 0.15) is 23.1 Å². The fourth-order valence-corrected chi connectivity index (χ4v) is 4.14. The zero-order valence-electron chi connectivity index (χ0n) is 21.3. The van der Waals surface area contributed by atoms with Gasteiger partial charge in [-0.1, -0.05) is 24.3 Å². The van der Waals surface area contributed by atoms with Crippen molar-refractivity contribution in [2.45, 2.75) is 45.1 Å². The summed E-state index contributed by atoms with van der Waals surface area (Å²) < 4.78 is 69.6. The molecule has 39 heavy (non-hydrogen) atoms. The predicted octanol–water partition coefficient (Wildman–Crippen LogP) is 4.63. The van der Waals surface area contributed by atoms with Gasteiger partial charge in [0, 0.05) is 25.8 Å². The van der Waals surface area contributed by atoms with Crippen molar-refractivity contribution in [2.24, 2.45) is 0 Å².